The minimum atomic E-state index is -0.415. The lowest BCUT2D eigenvalue weighted by atomic mass is 9.84. The number of fused-ring (bicyclic) bond motifs is 4. The number of halogens is 1. The number of thiazole rings is 1. The summed E-state index contributed by atoms with van der Waals surface area (Å²) < 4.78 is 15.5. The normalized spacial score (nSPS) is 16.0. The zero-order valence-corrected chi connectivity index (χ0v) is 49.1. The fourth-order valence-electron chi connectivity index (χ4n) is 12.9. The molecule has 12 rings (SSSR count). The van der Waals surface area contributed by atoms with Crippen molar-refractivity contribution in [1.82, 2.24) is 35.1 Å². The second-order valence-corrected chi connectivity index (χ2v) is 23.8. The minimum Gasteiger partial charge on any atom is -0.455 e. The number of ether oxygens (including phenoxy) is 2. The number of hydrogen-bond acceptors (Lipinski definition) is 15. The first kappa shape index (κ1) is 57.3. The Morgan fingerprint density at radius 2 is 1.55 bits per heavy atom. The van der Waals surface area contributed by atoms with E-state index in [0.29, 0.717) is 58.5 Å². The quantitative estimate of drug-likeness (QED) is 0.0447. The van der Waals surface area contributed by atoms with Crippen LogP contribution in [0.5, 0.6) is 11.5 Å². The summed E-state index contributed by atoms with van der Waals surface area (Å²) in [6.07, 6.45) is 15.3. The molecule has 6 aliphatic heterocycles. The number of alkyl carbamates (subject to hydrolysis) is 1. The highest BCUT2D eigenvalue weighted by molar-refractivity contribution is 7.17. The maximum atomic E-state index is 13.9. The predicted octanol–water partition coefficient (Wildman–Crippen LogP) is 8.45. The van der Waals surface area contributed by atoms with Crippen molar-refractivity contribution in [2.45, 2.75) is 104 Å². The highest BCUT2D eigenvalue weighted by Crippen LogP contribution is 2.48. The van der Waals surface area contributed by atoms with Crippen LogP contribution in [0.1, 0.15) is 128 Å². The molecule has 6 aliphatic rings. The zero-order valence-electron chi connectivity index (χ0n) is 47.5. The van der Waals surface area contributed by atoms with Gasteiger partial charge in [-0.15, -0.1) is 0 Å². The third-order valence-corrected chi connectivity index (χ3v) is 18.2. The Hall–Kier alpha value is -7.50. The number of nitrogens with zero attached hydrogens (tertiary/aromatic N) is 7. The van der Waals surface area contributed by atoms with Crippen LogP contribution in [0, 0.1) is 13.8 Å². The summed E-state index contributed by atoms with van der Waals surface area (Å²) in [4.78, 5) is 77.3. The molecule has 1 saturated heterocycles. The van der Waals surface area contributed by atoms with Crippen LogP contribution in [0.4, 0.5) is 27.2 Å². The van der Waals surface area contributed by atoms with Gasteiger partial charge in [0.25, 0.3) is 5.91 Å². The smallest absolute Gasteiger partial charge is 0.407 e. The molecule has 2 amide bonds. The average molecular weight is 1160 g/mol. The summed E-state index contributed by atoms with van der Waals surface area (Å²) in [7, 11) is 0. The molecular weight excluding hydrogens is 1090 g/mol. The van der Waals surface area contributed by atoms with E-state index in [2.05, 4.69) is 69.5 Å². The average Bonchev–Trinajstić information content (AvgIpc) is 2.70. The number of amides is 2. The maximum Gasteiger partial charge on any atom is 0.407 e. The summed E-state index contributed by atoms with van der Waals surface area (Å²) in [6, 6.07) is 20.7. The van der Waals surface area contributed by atoms with Crippen molar-refractivity contribution in [3.05, 3.63) is 143 Å². The number of carbonyl (C=O) groups is 3. The highest BCUT2D eigenvalue weighted by atomic mass is 35.5. The van der Waals surface area contributed by atoms with Gasteiger partial charge in [0, 0.05) is 128 Å². The Balaban J connectivity index is 0.00000235. The van der Waals surface area contributed by atoms with E-state index in [4.69, 9.17) is 35.6 Å². The Morgan fingerprint density at radius 3 is 2.40 bits per heavy atom. The first-order valence-electron chi connectivity index (χ1n) is 29.6. The van der Waals surface area contributed by atoms with Crippen molar-refractivity contribution in [3.8, 4) is 11.5 Å². The van der Waals surface area contributed by atoms with Gasteiger partial charge in [0.1, 0.15) is 48.7 Å². The predicted molar refractivity (Wildman–Crippen MR) is 322 cm³/mol. The molecule has 0 aliphatic carbocycles. The number of nitrogens with one attached hydrogen (secondary N) is 3. The van der Waals surface area contributed by atoms with Gasteiger partial charge in [-0.3, -0.25) is 14.5 Å². The lowest BCUT2D eigenvalue weighted by Gasteiger charge is -2.35. The largest absolute Gasteiger partial charge is 0.455 e. The van der Waals surface area contributed by atoms with E-state index < -0.39 is 6.09 Å². The van der Waals surface area contributed by atoms with E-state index in [0.717, 1.165) is 144 Å². The Kier molecular flexibility index (Phi) is 18.2. The van der Waals surface area contributed by atoms with Crippen molar-refractivity contribution in [2.75, 3.05) is 93.7 Å². The molecule has 17 nitrogen and oxygen atoms in total. The molecule has 3 N–H and O–H groups in total. The molecule has 0 atom stereocenters. The van der Waals surface area contributed by atoms with E-state index in [1.807, 2.05) is 44.2 Å². The van der Waals surface area contributed by atoms with Crippen molar-refractivity contribution >= 4 is 74.9 Å². The van der Waals surface area contributed by atoms with Gasteiger partial charge < -0.3 is 35.2 Å². The number of piperazine rings is 1. The first-order chi connectivity index (χ1) is 40.5. The molecule has 0 radical (unpaired) electrons. The molecule has 83 heavy (non-hydrogen) atoms. The van der Waals surface area contributed by atoms with Gasteiger partial charge in [-0.05, 0) is 137 Å². The number of anilines is 4. The van der Waals surface area contributed by atoms with Crippen molar-refractivity contribution in [2.24, 2.45) is 0 Å². The lowest BCUT2D eigenvalue weighted by Crippen LogP contribution is -2.47. The zero-order chi connectivity index (χ0) is 57.4. The molecule has 0 unspecified atom stereocenters. The van der Waals surface area contributed by atoms with Crippen LogP contribution in [0.15, 0.2) is 66.9 Å². The lowest BCUT2D eigenvalue weighted by molar-refractivity contribution is -0.191. The molecule has 0 bridgehead atoms. The SMILES string of the molecule is Cc1nc(Nc2ncc(C(=O)Cc3c(C)cccc3Cl)s2)cc(N2CCN(CCOC(=O)NCCCCCNC(=O)c3cccc(C4=c5cc6c7c(c5Oc5c4cc4c8c5CCCN8CCCC4)CCC[N+]=7CCCC6)c3)CC2)n1.O=C=O. The van der Waals surface area contributed by atoms with Crippen LogP contribution in [0.2, 0.25) is 5.02 Å². The van der Waals surface area contributed by atoms with Crippen LogP contribution in [-0.4, -0.2) is 122 Å². The van der Waals surface area contributed by atoms with Gasteiger partial charge in [0.05, 0.1) is 16.6 Å². The summed E-state index contributed by atoms with van der Waals surface area (Å²) in [5.74, 6) is 4.00. The first-order valence-corrected chi connectivity index (χ1v) is 30.8. The van der Waals surface area contributed by atoms with Crippen molar-refractivity contribution < 1.29 is 33.4 Å². The van der Waals surface area contributed by atoms with Gasteiger partial charge in [-0.25, -0.2) is 24.3 Å². The van der Waals surface area contributed by atoms with Gasteiger partial charge in [0.15, 0.2) is 10.9 Å². The summed E-state index contributed by atoms with van der Waals surface area (Å²) in [6.45, 7) is 13.3. The Morgan fingerprint density at radius 1 is 0.783 bits per heavy atom. The second kappa shape index (κ2) is 26.4. The molecule has 432 valence electrons. The maximum absolute atomic E-state index is 13.9. The monoisotopic (exact) mass is 1160 g/mol. The van der Waals surface area contributed by atoms with Crippen LogP contribution in [-0.2, 0) is 46.4 Å². The van der Waals surface area contributed by atoms with Gasteiger partial charge in [-0.1, -0.05) is 47.2 Å². The Bertz CT molecular complexity index is 3590. The highest BCUT2D eigenvalue weighted by Gasteiger charge is 2.35. The molecule has 19 heteroatoms. The number of rotatable bonds is 17. The summed E-state index contributed by atoms with van der Waals surface area (Å²) in [5, 5.41) is 13.1. The second-order valence-electron chi connectivity index (χ2n) is 22.4. The molecule has 0 saturated carbocycles. The van der Waals surface area contributed by atoms with Crippen molar-refractivity contribution in [3.63, 3.8) is 0 Å². The third-order valence-electron chi connectivity index (χ3n) is 16.9. The van der Waals surface area contributed by atoms with E-state index in [1.54, 1.807) is 12.3 Å². The molecule has 2 aromatic heterocycles. The van der Waals surface area contributed by atoms with Crippen molar-refractivity contribution in [1.29, 1.82) is 0 Å². The molecule has 8 heterocycles. The van der Waals surface area contributed by atoms with Gasteiger partial charge >= 0.3 is 12.2 Å². The molecule has 1 fully saturated rings. The van der Waals surface area contributed by atoms with Crippen LogP contribution < -0.4 is 45.6 Å². The number of hydrogen-bond donors (Lipinski definition) is 3. The topological polar surface area (TPSA) is 191 Å². The van der Waals surface area contributed by atoms with Crippen LogP contribution in [0.25, 0.3) is 5.57 Å². The standard InChI is InChI=1S/C63H71ClN10O5S.CO2/c1-40-14-10-21-51(64)48(40)37-52(75)53-39-67-62(80-53)70-54-38-55(69-41(2)68-54)72-30-28-71(29-31-72)32-33-78-63(77)66-23-7-3-6-22-65-61(76)45-18-11-17-42(34-45)56-49-35-43-15-4-8-24-73-26-12-19-46(57(43)73)59(49)79-60-47-20-13-27-74-25-9-5-16-44(58(47)74)36-50(56)60;2-1-3/h10-11,14,17-18,21,34-36,38-39H,3-9,12-13,15-16,19-20,22-33,37H2,1-2H3,(H2-,65,66,67,68,69,70,75,76,77);/p+1. The molecule has 6 aromatic rings. The van der Waals surface area contributed by atoms with Crippen LogP contribution in [0.3, 0.4) is 0 Å². The van der Waals surface area contributed by atoms with Gasteiger partial charge in [0.2, 0.25) is 5.36 Å². The summed E-state index contributed by atoms with van der Waals surface area (Å²) >= 11 is 7.68. The Labute approximate surface area is 493 Å². The number of unbranched alkanes of at least 4 members (excludes halogenated alkanes) is 2. The van der Waals surface area contributed by atoms with Crippen LogP contribution >= 0.6 is 22.9 Å². The fraction of sp³-hybridized carbons (Fsp3) is 0.438. The fourth-order valence-corrected chi connectivity index (χ4v) is 13.9. The van der Waals surface area contributed by atoms with E-state index in [9.17, 15) is 14.4 Å². The van der Waals surface area contributed by atoms with E-state index in [-0.39, 0.29) is 24.3 Å². The summed E-state index contributed by atoms with van der Waals surface area (Å²) in [5.41, 5.74) is 12.9. The number of carbonyl (C=O) groups excluding carboxylic acids is 5. The number of aromatic nitrogens is 3. The molecule has 0 spiro atoms. The number of benzene rings is 4. The number of aryl methyl sites for hydroxylation is 4. The molecule has 4 aromatic carbocycles. The third kappa shape index (κ3) is 13.0. The number of Topliss-reactive ketones (excluding diaryl/α,β-unsaturated/α-hetero) is 1. The number of ketones is 1. The van der Waals surface area contributed by atoms with E-state index in [1.165, 1.54) is 86.7 Å². The van der Waals surface area contributed by atoms with Gasteiger partial charge in [-0.2, -0.15) is 9.59 Å². The van der Waals surface area contributed by atoms with E-state index >= 15 is 0 Å². The molecular formula is C64H72ClN10O7S+. The minimum absolute atomic E-state index is 0.0378.